The zero-order chi connectivity index (χ0) is 17.1. The second-order valence-electron chi connectivity index (χ2n) is 6.82. The Morgan fingerprint density at radius 1 is 0.960 bits per heavy atom. The summed E-state index contributed by atoms with van der Waals surface area (Å²) in [5.74, 6) is 2.07. The van der Waals surface area contributed by atoms with Gasteiger partial charge in [-0.2, -0.15) is 0 Å². The first kappa shape index (κ1) is 16.0. The summed E-state index contributed by atoms with van der Waals surface area (Å²) in [6.45, 7) is 1.90. The summed E-state index contributed by atoms with van der Waals surface area (Å²) in [4.78, 5) is 14.7. The molecule has 0 aliphatic carbocycles. The molecule has 1 saturated heterocycles. The number of rotatable bonds is 3. The molecule has 0 bridgehead atoms. The highest BCUT2D eigenvalue weighted by Crippen LogP contribution is 2.32. The van der Waals surface area contributed by atoms with Crippen molar-refractivity contribution in [3.8, 4) is 11.5 Å². The molecule has 1 unspecified atom stereocenters. The number of hydrogen-bond acceptors (Lipinski definition) is 3. The molecule has 1 amide bonds. The Hall–Kier alpha value is -2.49. The van der Waals surface area contributed by atoms with Crippen molar-refractivity contribution in [1.29, 1.82) is 0 Å². The van der Waals surface area contributed by atoms with Crippen LogP contribution in [-0.4, -0.2) is 36.6 Å². The molecule has 1 atom stereocenters. The van der Waals surface area contributed by atoms with Crippen molar-refractivity contribution in [3.63, 3.8) is 0 Å². The van der Waals surface area contributed by atoms with E-state index in [1.54, 1.807) is 0 Å². The minimum Gasteiger partial charge on any atom is -0.485 e. The van der Waals surface area contributed by atoms with Crippen molar-refractivity contribution in [2.75, 3.05) is 19.7 Å². The quantitative estimate of drug-likeness (QED) is 0.862. The fourth-order valence-corrected chi connectivity index (χ4v) is 3.65. The third kappa shape index (κ3) is 3.63. The van der Waals surface area contributed by atoms with E-state index in [9.17, 15) is 4.79 Å². The molecule has 25 heavy (non-hydrogen) atoms. The predicted molar refractivity (Wildman–Crippen MR) is 95.8 cm³/mol. The number of carbonyl (C=O) groups excluding carboxylic acids is 1. The van der Waals surface area contributed by atoms with Gasteiger partial charge in [-0.3, -0.25) is 4.79 Å². The lowest BCUT2D eigenvalue weighted by Crippen LogP contribution is -2.49. The second-order valence-corrected chi connectivity index (χ2v) is 6.82. The fraction of sp³-hybridized carbons (Fsp3) is 0.381. The van der Waals surface area contributed by atoms with Crippen LogP contribution < -0.4 is 9.47 Å². The van der Waals surface area contributed by atoms with E-state index in [4.69, 9.17) is 9.47 Å². The van der Waals surface area contributed by atoms with E-state index in [0.717, 1.165) is 32.4 Å². The topological polar surface area (TPSA) is 38.8 Å². The number of fused-ring (bicyclic) bond motifs is 1. The molecule has 0 radical (unpaired) electrons. The molecule has 4 nitrogen and oxygen atoms in total. The van der Waals surface area contributed by atoms with Gasteiger partial charge in [-0.05, 0) is 42.9 Å². The van der Waals surface area contributed by atoms with E-state index in [-0.39, 0.29) is 5.91 Å². The molecule has 2 aliphatic rings. The summed E-state index contributed by atoms with van der Waals surface area (Å²) in [7, 11) is 0. The molecule has 0 spiro atoms. The monoisotopic (exact) mass is 337 g/mol. The average Bonchev–Trinajstić information content (AvgIpc) is 2.68. The lowest BCUT2D eigenvalue weighted by atomic mass is 9.90. The van der Waals surface area contributed by atoms with Gasteiger partial charge in [-0.1, -0.05) is 42.5 Å². The van der Waals surface area contributed by atoms with E-state index in [1.807, 2.05) is 29.2 Å². The van der Waals surface area contributed by atoms with Crippen LogP contribution >= 0.6 is 0 Å². The molecule has 2 aliphatic heterocycles. The van der Waals surface area contributed by atoms with Crippen molar-refractivity contribution in [2.45, 2.75) is 25.4 Å². The van der Waals surface area contributed by atoms with Crippen molar-refractivity contribution < 1.29 is 14.3 Å². The van der Waals surface area contributed by atoms with E-state index < -0.39 is 6.10 Å². The highest BCUT2D eigenvalue weighted by Gasteiger charge is 2.33. The largest absolute Gasteiger partial charge is 0.485 e. The minimum atomic E-state index is -0.527. The zero-order valence-corrected chi connectivity index (χ0v) is 14.3. The summed E-state index contributed by atoms with van der Waals surface area (Å²) in [5, 5.41) is 0. The van der Waals surface area contributed by atoms with Crippen LogP contribution in [0.5, 0.6) is 11.5 Å². The summed E-state index contributed by atoms with van der Waals surface area (Å²) < 4.78 is 11.5. The fourth-order valence-electron chi connectivity index (χ4n) is 3.65. The molecular weight excluding hydrogens is 314 g/mol. The molecule has 4 heteroatoms. The molecule has 2 heterocycles. The lowest BCUT2D eigenvalue weighted by molar-refractivity contribution is -0.142. The van der Waals surface area contributed by atoms with Gasteiger partial charge in [-0.25, -0.2) is 0 Å². The van der Waals surface area contributed by atoms with Gasteiger partial charge in [0.1, 0.15) is 6.61 Å². The number of para-hydroxylation sites is 2. The van der Waals surface area contributed by atoms with Gasteiger partial charge < -0.3 is 14.4 Å². The SMILES string of the molecule is O=C(C1COc2ccccc2O1)N1CCC(Cc2ccccc2)CC1. The molecule has 0 saturated carbocycles. The average molecular weight is 337 g/mol. The predicted octanol–water partition coefficient (Wildman–Crippen LogP) is 3.31. The van der Waals surface area contributed by atoms with Crippen molar-refractivity contribution >= 4 is 5.91 Å². The number of amides is 1. The Morgan fingerprint density at radius 2 is 1.64 bits per heavy atom. The van der Waals surface area contributed by atoms with Crippen molar-refractivity contribution in [2.24, 2.45) is 5.92 Å². The maximum atomic E-state index is 12.7. The normalized spacial score (nSPS) is 20.3. The minimum absolute atomic E-state index is 0.0488. The lowest BCUT2D eigenvalue weighted by Gasteiger charge is -2.35. The number of benzene rings is 2. The van der Waals surface area contributed by atoms with Gasteiger partial charge in [-0.15, -0.1) is 0 Å². The van der Waals surface area contributed by atoms with E-state index >= 15 is 0 Å². The van der Waals surface area contributed by atoms with Crippen molar-refractivity contribution in [3.05, 3.63) is 60.2 Å². The van der Waals surface area contributed by atoms with Gasteiger partial charge in [0.25, 0.3) is 5.91 Å². The second kappa shape index (κ2) is 7.18. The molecule has 1 fully saturated rings. The maximum absolute atomic E-state index is 12.7. The van der Waals surface area contributed by atoms with Gasteiger partial charge in [0.2, 0.25) is 6.10 Å². The van der Waals surface area contributed by atoms with Crippen LogP contribution in [0.4, 0.5) is 0 Å². The summed E-state index contributed by atoms with van der Waals surface area (Å²) in [5.41, 5.74) is 1.38. The summed E-state index contributed by atoms with van der Waals surface area (Å²) in [6, 6.07) is 18.1. The zero-order valence-electron chi connectivity index (χ0n) is 14.3. The Labute approximate surface area is 148 Å². The smallest absolute Gasteiger partial charge is 0.267 e. The maximum Gasteiger partial charge on any atom is 0.267 e. The van der Waals surface area contributed by atoms with Crippen LogP contribution in [0.3, 0.4) is 0 Å². The number of hydrogen-bond donors (Lipinski definition) is 0. The first-order chi connectivity index (χ1) is 12.3. The molecule has 2 aromatic rings. The van der Waals surface area contributed by atoms with Gasteiger partial charge in [0.15, 0.2) is 11.5 Å². The number of ether oxygens (including phenoxy) is 2. The Morgan fingerprint density at radius 3 is 2.40 bits per heavy atom. The molecule has 130 valence electrons. The van der Waals surface area contributed by atoms with Crippen LogP contribution in [0, 0.1) is 5.92 Å². The van der Waals surface area contributed by atoms with Crippen LogP contribution in [0.25, 0.3) is 0 Å². The molecule has 4 rings (SSSR count). The van der Waals surface area contributed by atoms with Crippen LogP contribution in [0.15, 0.2) is 54.6 Å². The first-order valence-corrected chi connectivity index (χ1v) is 9.01. The van der Waals surface area contributed by atoms with Crippen molar-refractivity contribution in [1.82, 2.24) is 4.90 Å². The van der Waals surface area contributed by atoms with Gasteiger partial charge in [0, 0.05) is 13.1 Å². The Kier molecular flexibility index (Phi) is 4.59. The highest BCUT2D eigenvalue weighted by molar-refractivity contribution is 5.82. The first-order valence-electron chi connectivity index (χ1n) is 9.01. The van der Waals surface area contributed by atoms with E-state index in [2.05, 4.69) is 30.3 Å². The third-order valence-corrected chi connectivity index (χ3v) is 5.08. The van der Waals surface area contributed by atoms with Gasteiger partial charge in [0.05, 0.1) is 0 Å². The molecule has 2 aromatic carbocycles. The van der Waals surface area contributed by atoms with Crippen LogP contribution in [-0.2, 0) is 11.2 Å². The number of likely N-dealkylation sites (tertiary alicyclic amines) is 1. The van der Waals surface area contributed by atoms with Crippen LogP contribution in [0.1, 0.15) is 18.4 Å². The molecule has 0 N–H and O–H groups in total. The van der Waals surface area contributed by atoms with E-state index in [0.29, 0.717) is 24.0 Å². The molecule has 0 aromatic heterocycles. The third-order valence-electron chi connectivity index (χ3n) is 5.08. The highest BCUT2D eigenvalue weighted by atomic mass is 16.6. The summed E-state index contributed by atoms with van der Waals surface area (Å²) in [6.07, 6.45) is 2.66. The van der Waals surface area contributed by atoms with Gasteiger partial charge >= 0.3 is 0 Å². The number of carbonyl (C=O) groups is 1. The van der Waals surface area contributed by atoms with E-state index in [1.165, 1.54) is 5.56 Å². The number of piperidine rings is 1. The van der Waals surface area contributed by atoms with Crippen LogP contribution in [0.2, 0.25) is 0 Å². The molecular formula is C21H23NO3. The number of nitrogens with zero attached hydrogens (tertiary/aromatic N) is 1. The standard InChI is InChI=1S/C21H23NO3/c23-21(20-15-24-18-8-4-5-9-19(18)25-20)22-12-10-17(11-13-22)14-16-6-2-1-3-7-16/h1-9,17,20H,10-15H2. The Bertz CT molecular complexity index is 723. The Balaban J connectivity index is 1.31. The summed E-state index contributed by atoms with van der Waals surface area (Å²) >= 11 is 0.